The molecule has 1 aliphatic heterocycles. The number of piperazine rings is 1. The monoisotopic (exact) mass is 661 g/mol. The Morgan fingerprint density at radius 2 is 1.95 bits per heavy atom. The second-order valence-corrected chi connectivity index (χ2v) is 11.0. The molecule has 0 atom stereocenters. The number of nitrogens with zero attached hydrogens (tertiary/aromatic N) is 4. The summed E-state index contributed by atoms with van der Waals surface area (Å²) < 4.78 is 11.8. The molecule has 2 aromatic carbocycles. The fourth-order valence-electron chi connectivity index (χ4n) is 4.36. The molecule has 2 heterocycles. The van der Waals surface area contributed by atoms with Crippen LogP contribution < -0.4 is 14.8 Å². The fourth-order valence-corrected chi connectivity index (χ4v) is 5.23. The van der Waals surface area contributed by atoms with Crippen LogP contribution in [0.1, 0.15) is 17.5 Å². The van der Waals surface area contributed by atoms with Gasteiger partial charge in [0.05, 0.1) is 47.7 Å². The molecule has 3 aromatic rings. The van der Waals surface area contributed by atoms with Gasteiger partial charge in [0, 0.05) is 71.6 Å². The van der Waals surface area contributed by atoms with Crippen molar-refractivity contribution in [3.05, 3.63) is 52.7 Å². The lowest BCUT2D eigenvalue weighted by atomic mass is 10.1. The molecule has 0 saturated carbocycles. The Morgan fingerprint density at radius 3 is 2.66 bits per heavy atom. The Hall–Kier alpha value is -2.41. The number of nitrogens with one attached hydrogen (secondary N) is 1. The number of rotatable bonds is 9. The Kier molecular flexibility index (Phi) is 10.6. The molecule has 198 valence electrons. The zero-order valence-corrected chi connectivity index (χ0v) is 25.1. The Morgan fingerprint density at radius 1 is 1.16 bits per heavy atom. The van der Waals surface area contributed by atoms with E-state index in [1.54, 1.807) is 13.3 Å². The number of hydrogen-bond acceptors (Lipinski definition) is 8. The van der Waals surface area contributed by atoms with Crippen LogP contribution in [0.4, 0.5) is 11.4 Å². The smallest absolute Gasteiger partial charge is 0.163 e. The van der Waals surface area contributed by atoms with Gasteiger partial charge in [-0.3, -0.25) is 9.88 Å². The van der Waals surface area contributed by atoms with Gasteiger partial charge in [-0.1, -0.05) is 23.6 Å². The van der Waals surface area contributed by atoms with E-state index in [0.29, 0.717) is 45.6 Å². The van der Waals surface area contributed by atoms with Crippen LogP contribution in [0.3, 0.4) is 0 Å². The van der Waals surface area contributed by atoms with Crippen molar-refractivity contribution in [3.8, 4) is 28.7 Å². The van der Waals surface area contributed by atoms with Crippen LogP contribution >= 0.6 is 41.7 Å². The second-order valence-electron chi connectivity index (χ2n) is 8.96. The zero-order chi connectivity index (χ0) is 26.9. The number of aryl methyl sites for hydroxylation is 1. The third-order valence-corrected chi connectivity index (χ3v) is 7.61. The number of pyridine rings is 1. The predicted octanol–water partition coefficient (Wildman–Crippen LogP) is 6.25. The molecule has 0 spiro atoms. The molecular weight excluding hydrogens is 633 g/mol. The lowest BCUT2D eigenvalue weighted by Gasteiger charge is -2.33. The molecule has 0 aliphatic carbocycles. The van der Waals surface area contributed by atoms with Crippen LogP contribution in [0.25, 0.3) is 10.9 Å². The largest absolute Gasteiger partial charge is 0.493 e. The van der Waals surface area contributed by atoms with E-state index in [1.807, 2.05) is 37.3 Å². The van der Waals surface area contributed by atoms with Crippen molar-refractivity contribution in [1.29, 1.82) is 5.26 Å². The molecule has 1 aliphatic rings. The first kappa shape index (κ1) is 28.6. The minimum absolute atomic E-state index is 0.417. The third kappa shape index (κ3) is 7.37. The van der Waals surface area contributed by atoms with Gasteiger partial charge in [-0.05, 0) is 51.3 Å². The first-order chi connectivity index (χ1) is 18.5. The molecule has 1 saturated heterocycles. The number of hydrogen-bond donors (Lipinski definition) is 1. The van der Waals surface area contributed by atoms with Crippen molar-refractivity contribution < 1.29 is 9.47 Å². The highest BCUT2D eigenvalue weighted by molar-refractivity contribution is 14.2. The zero-order valence-electron chi connectivity index (χ0n) is 21.4. The SMILES string of the molecule is COc1cc2c(Nc3ccc(C)cc3Cl)c(C#N)cnc2cc1OCCCN1CCN(CC#CSI)CC1. The van der Waals surface area contributed by atoms with Crippen molar-refractivity contribution >= 4 is 64.0 Å². The van der Waals surface area contributed by atoms with E-state index in [9.17, 15) is 5.26 Å². The van der Waals surface area contributed by atoms with Gasteiger partial charge in [-0.2, -0.15) is 5.26 Å². The molecule has 1 N–H and O–H groups in total. The number of aromatic nitrogens is 1. The molecule has 10 heteroatoms. The number of benzene rings is 2. The number of methoxy groups -OCH3 is 1. The molecule has 0 bridgehead atoms. The summed E-state index contributed by atoms with van der Waals surface area (Å²) in [5.74, 6) is 4.41. The van der Waals surface area contributed by atoms with Gasteiger partial charge in [0.2, 0.25) is 0 Å². The van der Waals surface area contributed by atoms with Crippen molar-refractivity contribution in [1.82, 2.24) is 14.8 Å². The molecular formula is C28H29ClIN5O2S. The van der Waals surface area contributed by atoms with E-state index in [2.05, 4.69) is 58.5 Å². The lowest BCUT2D eigenvalue weighted by Crippen LogP contribution is -2.46. The van der Waals surface area contributed by atoms with Gasteiger partial charge in [0.25, 0.3) is 0 Å². The number of fused-ring (bicyclic) bond motifs is 1. The summed E-state index contributed by atoms with van der Waals surface area (Å²) in [7, 11) is 3.15. The summed E-state index contributed by atoms with van der Waals surface area (Å²) >= 11 is 8.65. The number of anilines is 2. The van der Waals surface area contributed by atoms with Crippen LogP contribution in [0.15, 0.2) is 36.5 Å². The maximum Gasteiger partial charge on any atom is 0.163 e. The van der Waals surface area contributed by atoms with Gasteiger partial charge in [-0.15, -0.1) is 0 Å². The molecule has 0 amide bonds. The summed E-state index contributed by atoms with van der Waals surface area (Å²) in [6.45, 7) is 8.55. The van der Waals surface area contributed by atoms with E-state index in [4.69, 9.17) is 21.1 Å². The number of nitriles is 1. The molecule has 38 heavy (non-hydrogen) atoms. The first-order valence-electron chi connectivity index (χ1n) is 12.3. The molecule has 0 unspecified atom stereocenters. The van der Waals surface area contributed by atoms with E-state index in [1.165, 1.54) is 8.93 Å². The fraction of sp³-hybridized carbons (Fsp3) is 0.357. The normalized spacial score (nSPS) is 14.0. The lowest BCUT2D eigenvalue weighted by molar-refractivity contribution is 0.136. The summed E-state index contributed by atoms with van der Waals surface area (Å²) in [5.41, 5.74) is 3.52. The quantitative estimate of drug-likeness (QED) is 0.164. The Labute approximate surface area is 245 Å². The summed E-state index contributed by atoms with van der Waals surface area (Å²) in [6, 6.07) is 11.7. The van der Waals surface area contributed by atoms with Crippen molar-refractivity contribution in [2.24, 2.45) is 0 Å². The van der Waals surface area contributed by atoms with E-state index >= 15 is 0 Å². The summed E-state index contributed by atoms with van der Waals surface area (Å²) in [6.07, 6.45) is 2.47. The third-order valence-electron chi connectivity index (χ3n) is 6.41. The maximum absolute atomic E-state index is 9.73. The van der Waals surface area contributed by atoms with Crippen LogP contribution in [0.5, 0.6) is 11.5 Å². The highest BCUT2D eigenvalue weighted by Crippen LogP contribution is 2.38. The van der Waals surface area contributed by atoms with Gasteiger partial charge < -0.3 is 19.7 Å². The van der Waals surface area contributed by atoms with Crippen molar-refractivity contribution in [3.63, 3.8) is 0 Å². The van der Waals surface area contributed by atoms with Gasteiger partial charge in [0.1, 0.15) is 6.07 Å². The van der Waals surface area contributed by atoms with Crippen molar-refractivity contribution in [2.45, 2.75) is 13.3 Å². The molecule has 7 nitrogen and oxygen atoms in total. The minimum Gasteiger partial charge on any atom is -0.493 e. The Balaban J connectivity index is 1.42. The average molecular weight is 662 g/mol. The number of halogens is 2. The van der Waals surface area contributed by atoms with E-state index in [0.717, 1.165) is 56.6 Å². The van der Waals surface area contributed by atoms with Crippen LogP contribution in [-0.2, 0) is 0 Å². The molecule has 1 aromatic heterocycles. The highest BCUT2D eigenvalue weighted by atomic mass is 127. The topological polar surface area (TPSA) is 73.6 Å². The second kappa shape index (κ2) is 14.1. The van der Waals surface area contributed by atoms with Crippen molar-refractivity contribution in [2.75, 3.05) is 58.3 Å². The first-order valence-corrected chi connectivity index (χ1v) is 16.0. The minimum atomic E-state index is 0.417. The number of ether oxygens (including phenoxy) is 2. The maximum atomic E-state index is 9.73. The van der Waals surface area contributed by atoms with Gasteiger partial charge >= 0.3 is 0 Å². The van der Waals surface area contributed by atoms with Crippen LogP contribution in [0.2, 0.25) is 5.02 Å². The van der Waals surface area contributed by atoms with Crippen LogP contribution in [0, 0.1) is 29.4 Å². The molecule has 1 fully saturated rings. The standard InChI is InChI=1S/C28H29ClIN5O2S/c1-20-5-6-24(23(29)15-20)33-28-21(18-31)19-32-25-17-27(26(36-2)16-22(25)28)37-13-3-7-34-9-11-35(12-10-34)8-4-14-38-30/h5-6,15-17,19H,3,7-13H2,1-2H3,(H,32,33). The van der Waals surface area contributed by atoms with E-state index in [-0.39, 0.29) is 0 Å². The summed E-state index contributed by atoms with van der Waals surface area (Å²) in [5, 5.41) is 17.4. The predicted molar refractivity (Wildman–Crippen MR) is 165 cm³/mol. The van der Waals surface area contributed by atoms with E-state index < -0.39 is 0 Å². The van der Waals surface area contributed by atoms with Gasteiger partial charge in [-0.25, -0.2) is 0 Å². The highest BCUT2D eigenvalue weighted by Gasteiger charge is 2.17. The molecule has 0 radical (unpaired) electrons. The molecule has 4 rings (SSSR count). The summed E-state index contributed by atoms with van der Waals surface area (Å²) in [4.78, 5) is 9.37. The van der Waals surface area contributed by atoms with Crippen LogP contribution in [-0.4, -0.2) is 67.8 Å². The Bertz CT molecular complexity index is 1380. The van der Waals surface area contributed by atoms with Gasteiger partial charge in [0.15, 0.2) is 11.5 Å². The average Bonchev–Trinajstić information content (AvgIpc) is 2.93.